The Kier molecular flexibility index (Phi) is 8.53. The Labute approximate surface area is 180 Å². The van der Waals surface area contributed by atoms with Gasteiger partial charge in [-0.2, -0.15) is 0 Å². The third kappa shape index (κ3) is 7.35. The Morgan fingerprint density at radius 2 is 1.60 bits per heavy atom. The topological polar surface area (TPSA) is 52.1 Å². The van der Waals surface area contributed by atoms with Crippen LogP contribution in [-0.4, -0.2) is 69.2 Å². The molecule has 2 aromatic carbocycles. The number of rotatable bonds is 8. The van der Waals surface area contributed by atoms with Crippen molar-refractivity contribution in [3.05, 3.63) is 65.2 Å². The molecule has 0 unspecified atom stereocenters. The third-order valence-electron chi connectivity index (χ3n) is 5.39. The van der Waals surface area contributed by atoms with Crippen molar-refractivity contribution in [2.45, 2.75) is 20.0 Å². The van der Waals surface area contributed by atoms with Crippen LogP contribution in [0.2, 0.25) is 0 Å². The van der Waals surface area contributed by atoms with Gasteiger partial charge in [-0.05, 0) is 37.2 Å². The Bertz CT molecular complexity index is 780. The van der Waals surface area contributed by atoms with Crippen molar-refractivity contribution in [2.75, 3.05) is 53.4 Å². The second-order valence-electron chi connectivity index (χ2n) is 7.91. The van der Waals surface area contributed by atoms with E-state index in [0.717, 1.165) is 51.0 Å². The number of likely N-dealkylation sites (N-methyl/N-ethyl adjacent to an activating group) is 1. The van der Waals surface area contributed by atoms with E-state index >= 15 is 0 Å². The van der Waals surface area contributed by atoms with Crippen LogP contribution in [0.25, 0.3) is 0 Å². The first-order valence-corrected chi connectivity index (χ1v) is 10.7. The minimum Gasteiger partial charge on any atom is -0.492 e. The Morgan fingerprint density at radius 1 is 0.933 bits per heavy atom. The fourth-order valence-electron chi connectivity index (χ4n) is 3.41. The molecule has 0 saturated carbocycles. The van der Waals surface area contributed by atoms with E-state index in [9.17, 15) is 0 Å². The second kappa shape index (κ2) is 11.6. The van der Waals surface area contributed by atoms with Gasteiger partial charge >= 0.3 is 0 Å². The monoisotopic (exact) mass is 409 g/mol. The summed E-state index contributed by atoms with van der Waals surface area (Å²) >= 11 is 0. The lowest BCUT2D eigenvalue weighted by atomic mass is 10.1. The Hall–Kier alpha value is -2.57. The first-order valence-electron chi connectivity index (χ1n) is 10.7. The van der Waals surface area contributed by atoms with E-state index in [2.05, 4.69) is 75.8 Å². The van der Waals surface area contributed by atoms with E-state index in [0.29, 0.717) is 13.2 Å². The van der Waals surface area contributed by atoms with E-state index in [1.165, 1.54) is 16.7 Å². The number of benzene rings is 2. The van der Waals surface area contributed by atoms with Gasteiger partial charge in [0.1, 0.15) is 12.4 Å². The fraction of sp³-hybridized carbons (Fsp3) is 0.458. The van der Waals surface area contributed by atoms with Gasteiger partial charge in [-0.1, -0.05) is 42.0 Å². The minimum absolute atomic E-state index is 0.588. The molecule has 0 radical (unpaired) electrons. The minimum atomic E-state index is 0.588. The third-order valence-corrected chi connectivity index (χ3v) is 5.39. The van der Waals surface area contributed by atoms with Gasteiger partial charge in [-0.3, -0.25) is 9.89 Å². The molecule has 1 aliphatic rings. The van der Waals surface area contributed by atoms with Crippen LogP contribution in [0.15, 0.2) is 53.5 Å². The number of hydrogen-bond acceptors (Lipinski definition) is 4. The molecule has 0 bridgehead atoms. The molecular formula is C24H35N5O. The lowest BCUT2D eigenvalue weighted by Crippen LogP contribution is -2.43. The van der Waals surface area contributed by atoms with E-state index < -0.39 is 0 Å². The molecule has 1 saturated heterocycles. The van der Waals surface area contributed by atoms with Crippen LogP contribution in [-0.2, 0) is 13.1 Å². The molecule has 2 N–H and O–H groups in total. The highest BCUT2D eigenvalue weighted by Crippen LogP contribution is 2.11. The van der Waals surface area contributed by atoms with Crippen LogP contribution in [0.3, 0.4) is 0 Å². The molecule has 0 atom stereocenters. The number of nitrogens with zero attached hydrogens (tertiary/aromatic N) is 3. The molecule has 0 aliphatic carbocycles. The standard InChI is InChI=1S/C24H35N5O/c1-20-4-10-23(11-5-20)30-17-12-26-24(25-2)27-18-21-6-8-22(9-7-21)19-29-15-13-28(3)14-16-29/h4-11H,12-19H2,1-3H3,(H2,25,26,27). The predicted octanol–water partition coefficient (Wildman–Crippen LogP) is 2.49. The van der Waals surface area contributed by atoms with E-state index in [4.69, 9.17) is 4.74 Å². The van der Waals surface area contributed by atoms with E-state index in [-0.39, 0.29) is 0 Å². The maximum Gasteiger partial charge on any atom is 0.191 e. The summed E-state index contributed by atoms with van der Waals surface area (Å²) in [6.45, 7) is 9.74. The first kappa shape index (κ1) is 22.1. The molecule has 0 aromatic heterocycles. The van der Waals surface area contributed by atoms with Gasteiger partial charge in [-0.15, -0.1) is 0 Å². The highest BCUT2D eigenvalue weighted by Gasteiger charge is 2.13. The van der Waals surface area contributed by atoms with Crippen LogP contribution >= 0.6 is 0 Å². The van der Waals surface area contributed by atoms with Gasteiger partial charge in [0, 0.05) is 46.3 Å². The number of aliphatic imine (C=N–C) groups is 1. The van der Waals surface area contributed by atoms with Crippen molar-refractivity contribution >= 4 is 5.96 Å². The van der Waals surface area contributed by atoms with E-state index in [1.54, 1.807) is 7.05 Å². The largest absolute Gasteiger partial charge is 0.492 e. The van der Waals surface area contributed by atoms with Gasteiger partial charge in [0.25, 0.3) is 0 Å². The van der Waals surface area contributed by atoms with Gasteiger partial charge in [-0.25, -0.2) is 0 Å². The summed E-state index contributed by atoms with van der Waals surface area (Å²) in [6.07, 6.45) is 0. The van der Waals surface area contributed by atoms with Gasteiger partial charge < -0.3 is 20.3 Å². The smallest absolute Gasteiger partial charge is 0.191 e. The maximum atomic E-state index is 5.75. The SMILES string of the molecule is CN=C(NCCOc1ccc(C)cc1)NCc1ccc(CN2CCN(C)CC2)cc1. The van der Waals surface area contributed by atoms with Crippen molar-refractivity contribution in [3.63, 3.8) is 0 Å². The number of ether oxygens (including phenoxy) is 1. The summed E-state index contributed by atoms with van der Waals surface area (Å²) in [5.74, 6) is 1.67. The first-order chi connectivity index (χ1) is 14.6. The second-order valence-corrected chi connectivity index (χ2v) is 7.91. The summed E-state index contributed by atoms with van der Waals surface area (Å²) in [5.41, 5.74) is 3.85. The zero-order chi connectivity index (χ0) is 21.2. The molecule has 2 aromatic rings. The van der Waals surface area contributed by atoms with Crippen molar-refractivity contribution in [1.29, 1.82) is 0 Å². The van der Waals surface area contributed by atoms with Gasteiger partial charge in [0.05, 0.1) is 6.54 Å². The number of guanidine groups is 1. The normalized spacial score (nSPS) is 15.8. The Morgan fingerprint density at radius 3 is 2.27 bits per heavy atom. The summed E-state index contributed by atoms with van der Waals surface area (Å²) in [4.78, 5) is 9.20. The van der Waals surface area contributed by atoms with Crippen LogP contribution in [0.1, 0.15) is 16.7 Å². The maximum absolute atomic E-state index is 5.75. The summed E-state index contributed by atoms with van der Waals surface area (Å²) in [6, 6.07) is 17.0. The molecule has 1 fully saturated rings. The molecule has 30 heavy (non-hydrogen) atoms. The predicted molar refractivity (Wildman–Crippen MR) is 124 cm³/mol. The lowest BCUT2D eigenvalue weighted by molar-refractivity contribution is 0.148. The van der Waals surface area contributed by atoms with Crippen LogP contribution < -0.4 is 15.4 Å². The summed E-state index contributed by atoms with van der Waals surface area (Å²) in [7, 11) is 3.98. The van der Waals surface area contributed by atoms with Crippen LogP contribution in [0.5, 0.6) is 5.75 Å². The molecule has 1 aliphatic heterocycles. The van der Waals surface area contributed by atoms with Crippen LogP contribution in [0.4, 0.5) is 0 Å². The van der Waals surface area contributed by atoms with Crippen LogP contribution in [0, 0.1) is 6.92 Å². The number of nitrogens with one attached hydrogen (secondary N) is 2. The zero-order valence-electron chi connectivity index (χ0n) is 18.5. The Balaban J connectivity index is 1.35. The van der Waals surface area contributed by atoms with E-state index in [1.807, 2.05) is 12.1 Å². The molecule has 0 amide bonds. The van der Waals surface area contributed by atoms with Gasteiger partial charge in [0.15, 0.2) is 5.96 Å². The number of piperazine rings is 1. The lowest BCUT2D eigenvalue weighted by Gasteiger charge is -2.32. The van der Waals surface area contributed by atoms with Crippen molar-refractivity contribution in [1.82, 2.24) is 20.4 Å². The quantitative estimate of drug-likeness (QED) is 0.399. The highest BCUT2D eigenvalue weighted by atomic mass is 16.5. The molecule has 6 nitrogen and oxygen atoms in total. The highest BCUT2D eigenvalue weighted by molar-refractivity contribution is 5.79. The zero-order valence-corrected chi connectivity index (χ0v) is 18.5. The average molecular weight is 410 g/mol. The van der Waals surface area contributed by atoms with Gasteiger partial charge in [0.2, 0.25) is 0 Å². The molecule has 1 heterocycles. The molecule has 3 rings (SSSR count). The molecule has 162 valence electrons. The molecule has 0 spiro atoms. The summed E-state index contributed by atoms with van der Waals surface area (Å²) in [5, 5.41) is 6.66. The van der Waals surface area contributed by atoms with Crippen molar-refractivity contribution < 1.29 is 4.74 Å². The van der Waals surface area contributed by atoms with Crippen molar-refractivity contribution in [2.24, 2.45) is 4.99 Å². The molecule has 6 heteroatoms. The number of aryl methyl sites for hydroxylation is 1. The molecular weight excluding hydrogens is 374 g/mol. The number of hydrogen-bond donors (Lipinski definition) is 2. The van der Waals surface area contributed by atoms with Crippen molar-refractivity contribution in [3.8, 4) is 5.75 Å². The fourth-order valence-corrected chi connectivity index (χ4v) is 3.41. The average Bonchev–Trinajstić information content (AvgIpc) is 2.77. The summed E-state index contributed by atoms with van der Waals surface area (Å²) < 4.78 is 5.75.